The summed E-state index contributed by atoms with van der Waals surface area (Å²) in [5, 5.41) is 5.35. The van der Waals surface area contributed by atoms with Gasteiger partial charge < -0.3 is 10.6 Å². The Bertz CT molecular complexity index is 670. The van der Waals surface area contributed by atoms with Gasteiger partial charge in [0.25, 0.3) is 0 Å². The SMILES string of the molecule is CC(=O)Nc1ccc(NC(=O)CCN2CCCCS2(=O)=O)cc1. The zero-order valence-corrected chi connectivity index (χ0v) is 13.9. The number of carbonyl (C=O) groups excluding carboxylic acids is 2. The highest BCUT2D eigenvalue weighted by atomic mass is 32.2. The molecule has 1 aliphatic heterocycles. The summed E-state index contributed by atoms with van der Waals surface area (Å²) in [6.07, 6.45) is 1.64. The van der Waals surface area contributed by atoms with Crippen molar-refractivity contribution in [3.8, 4) is 0 Å². The minimum Gasteiger partial charge on any atom is -0.326 e. The Morgan fingerprint density at radius 1 is 1.09 bits per heavy atom. The summed E-state index contributed by atoms with van der Waals surface area (Å²) >= 11 is 0. The average Bonchev–Trinajstić information content (AvgIpc) is 2.47. The highest BCUT2D eigenvalue weighted by Gasteiger charge is 2.25. The molecule has 0 aliphatic carbocycles. The van der Waals surface area contributed by atoms with Crippen LogP contribution in [0, 0.1) is 0 Å². The molecule has 1 aromatic carbocycles. The van der Waals surface area contributed by atoms with Gasteiger partial charge in [-0.25, -0.2) is 12.7 Å². The van der Waals surface area contributed by atoms with Crippen molar-refractivity contribution in [3.63, 3.8) is 0 Å². The number of sulfonamides is 1. The third-order valence-corrected chi connectivity index (χ3v) is 5.49. The van der Waals surface area contributed by atoms with E-state index in [1.54, 1.807) is 24.3 Å². The van der Waals surface area contributed by atoms with Crippen LogP contribution in [0.15, 0.2) is 24.3 Å². The van der Waals surface area contributed by atoms with Gasteiger partial charge in [-0.1, -0.05) is 0 Å². The van der Waals surface area contributed by atoms with Crippen molar-refractivity contribution in [2.24, 2.45) is 0 Å². The number of hydrogen-bond donors (Lipinski definition) is 2. The van der Waals surface area contributed by atoms with E-state index < -0.39 is 10.0 Å². The lowest BCUT2D eigenvalue weighted by atomic mass is 10.2. The Kier molecular flexibility index (Phi) is 5.73. The van der Waals surface area contributed by atoms with Gasteiger partial charge in [-0.2, -0.15) is 0 Å². The Morgan fingerprint density at radius 2 is 1.70 bits per heavy atom. The lowest BCUT2D eigenvalue weighted by molar-refractivity contribution is -0.116. The first-order valence-corrected chi connectivity index (χ1v) is 9.13. The number of nitrogens with one attached hydrogen (secondary N) is 2. The van der Waals surface area contributed by atoms with Crippen LogP contribution >= 0.6 is 0 Å². The molecule has 1 aliphatic rings. The van der Waals surface area contributed by atoms with E-state index >= 15 is 0 Å². The van der Waals surface area contributed by atoms with Crippen molar-refractivity contribution in [2.45, 2.75) is 26.2 Å². The van der Waals surface area contributed by atoms with Gasteiger partial charge in [-0.05, 0) is 37.1 Å². The Hall–Kier alpha value is -1.93. The predicted molar refractivity (Wildman–Crippen MR) is 88.6 cm³/mol. The van der Waals surface area contributed by atoms with Crippen LogP contribution in [0.2, 0.25) is 0 Å². The van der Waals surface area contributed by atoms with Crippen molar-refractivity contribution in [3.05, 3.63) is 24.3 Å². The van der Waals surface area contributed by atoms with Crippen LogP contribution < -0.4 is 10.6 Å². The molecule has 0 aromatic heterocycles. The summed E-state index contributed by atoms with van der Waals surface area (Å²) in [5.74, 6) is -0.234. The minimum absolute atomic E-state index is 0.118. The second-order valence-electron chi connectivity index (χ2n) is 5.48. The monoisotopic (exact) mass is 339 g/mol. The number of amides is 2. The maximum atomic E-state index is 11.9. The van der Waals surface area contributed by atoms with E-state index in [2.05, 4.69) is 10.6 Å². The summed E-state index contributed by atoms with van der Waals surface area (Å²) in [6, 6.07) is 6.74. The zero-order chi connectivity index (χ0) is 16.9. The molecule has 8 heteroatoms. The lowest BCUT2D eigenvalue weighted by Crippen LogP contribution is -2.39. The number of anilines is 2. The van der Waals surface area contributed by atoms with E-state index in [0.29, 0.717) is 24.3 Å². The van der Waals surface area contributed by atoms with E-state index in [-0.39, 0.29) is 30.5 Å². The topological polar surface area (TPSA) is 95.6 Å². The molecule has 1 heterocycles. The van der Waals surface area contributed by atoms with Crippen molar-refractivity contribution in [2.75, 3.05) is 29.5 Å². The van der Waals surface area contributed by atoms with Crippen LogP contribution in [-0.4, -0.2) is 43.4 Å². The first-order chi connectivity index (χ1) is 10.9. The Morgan fingerprint density at radius 3 is 2.26 bits per heavy atom. The van der Waals surface area contributed by atoms with Crippen LogP contribution in [0.25, 0.3) is 0 Å². The molecule has 7 nitrogen and oxygen atoms in total. The first-order valence-electron chi connectivity index (χ1n) is 7.52. The molecule has 1 aromatic rings. The van der Waals surface area contributed by atoms with E-state index in [1.165, 1.54) is 11.2 Å². The highest BCUT2D eigenvalue weighted by molar-refractivity contribution is 7.89. The number of hydrogen-bond acceptors (Lipinski definition) is 4. The van der Waals surface area contributed by atoms with Crippen LogP contribution in [-0.2, 0) is 19.6 Å². The van der Waals surface area contributed by atoms with E-state index in [9.17, 15) is 18.0 Å². The Balaban J connectivity index is 1.83. The number of rotatable bonds is 5. The van der Waals surface area contributed by atoms with Gasteiger partial charge in [0, 0.05) is 37.8 Å². The minimum atomic E-state index is -3.20. The summed E-state index contributed by atoms with van der Waals surface area (Å²) in [6.45, 7) is 2.11. The van der Waals surface area contributed by atoms with Gasteiger partial charge in [-0.3, -0.25) is 9.59 Å². The third-order valence-electron chi connectivity index (χ3n) is 3.53. The van der Waals surface area contributed by atoms with Crippen molar-refractivity contribution < 1.29 is 18.0 Å². The maximum absolute atomic E-state index is 11.9. The number of nitrogens with zero attached hydrogens (tertiary/aromatic N) is 1. The largest absolute Gasteiger partial charge is 0.326 e. The molecule has 23 heavy (non-hydrogen) atoms. The van der Waals surface area contributed by atoms with Crippen LogP contribution in [0.1, 0.15) is 26.2 Å². The Labute approximate surface area is 136 Å². The fourth-order valence-electron chi connectivity index (χ4n) is 2.38. The van der Waals surface area contributed by atoms with E-state index in [1.807, 2.05) is 0 Å². The fraction of sp³-hybridized carbons (Fsp3) is 0.467. The maximum Gasteiger partial charge on any atom is 0.225 e. The predicted octanol–water partition coefficient (Wildman–Crippen LogP) is 1.40. The van der Waals surface area contributed by atoms with Gasteiger partial charge in [-0.15, -0.1) is 0 Å². The fourth-order valence-corrected chi connectivity index (χ4v) is 3.99. The number of benzene rings is 1. The summed E-state index contributed by atoms with van der Waals surface area (Å²) in [7, 11) is -3.20. The molecular formula is C15H21N3O4S. The van der Waals surface area contributed by atoms with Crippen molar-refractivity contribution in [1.29, 1.82) is 0 Å². The van der Waals surface area contributed by atoms with Crippen LogP contribution in [0.4, 0.5) is 11.4 Å². The molecular weight excluding hydrogens is 318 g/mol. The van der Waals surface area contributed by atoms with Gasteiger partial charge in [0.15, 0.2) is 0 Å². The lowest BCUT2D eigenvalue weighted by Gasteiger charge is -2.25. The summed E-state index contributed by atoms with van der Waals surface area (Å²) in [4.78, 5) is 22.9. The molecule has 1 fully saturated rings. The second kappa shape index (κ2) is 7.56. The molecule has 0 spiro atoms. The van der Waals surface area contributed by atoms with Gasteiger partial charge in [0.1, 0.15) is 0 Å². The molecule has 2 N–H and O–H groups in total. The zero-order valence-electron chi connectivity index (χ0n) is 13.0. The molecule has 1 saturated heterocycles. The summed E-state index contributed by atoms with van der Waals surface area (Å²) in [5.41, 5.74) is 1.25. The molecule has 0 saturated carbocycles. The average molecular weight is 339 g/mol. The third kappa shape index (κ3) is 5.33. The second-order valence-corrected chi connectivity index (χ2v) is 7.57. The molecule has 2 amide bonds. The van der Waals surface area contributed by atoms with Crippen LogP contribution in [0.3, 0.4) is 0 Å². The standard InChI is InChI=1S/C15H21N3O4S/c1-12(19)16-13-4-6-14(7-5-13)17-15(20)8-10-18-9-2-3-11-23(18,21)22/h4-7H,2-3,8-11H2,1H3,(H,16,19)(H,17,20). The molecule has 0 unspecified atom stereocenters. The molecule has 2 rings (SSSR count). The van der Waals surface area contributed by atoms with Gasteiger partial charge in [0.05, 0.1) is 5.75 Å². The van der Waals surface area contributed by atoms with E-state index in [0.717, 1.165) is 6.42 Å². The van der Waals surface area contributed by atoms with Gasteiger partial charge in [0.2, 0.25) is 21.8 Å². The smallest absolute Gasteiger partial charge is 0.225 e. The van der Waals surface area contributed by atoms with E-state index in [4.69, 9.17) is 0 Å². The number of carbonyl (C=O) groups is 2. The summed E-state index contributed by atoms with van der Waals surface area (Å²) < 4.78 is 25.1. The quantitative estimate of drug-likeness (QED) is 0.847. The highest BCUT2D eigenvalue weighted by Crippen LogP contribution is 2.15. The van der Waals surface area contributed by atoms with Gasteiger partial charge >= 0.3 is 0 Å². The van der Waals surface area contributed by atoms with Crippen molar-refractivity contribution >= 4 is 33.2 Å². The first kappa shape index (κ1) is 17.4. The molecule has 0 radical (unpaired) electrons. The normalized spacial score (nSPS) is 17.4. The molecule has 0 bridgehead atoms. The molecule has 0 atom stereocenters. The van der Waals surface area contributed by atoms with Crippen LogP contribution in [0.5, 0.6) is 0 Å². The van der Waals surface area contributed by atoms with Crippen molar-refractivity contribution in [1.82, 2.24) is 4.31 Å². The molecule has 126 valence electrons.